The summed E-state index contributed by atoms with van der Waals surface area (Å²) in [6.07, 6.45) is 1.11. The second-order valence-corrected chi connectivity index (χ2v) is 7.65. The molecule has 1 heterocycles. The predicted molar refractivity (Wildman–Crippen MR) is 86.3 cm³/mol. The summed E-state index contributed by atoms with van der Waals surface area (Å²) in [6, 6.07) is 9.55. The fourth-order valence-electron chi connectivity index (χ4n) is 2.18. The van der Waals surface area contributed by atoms with Gasteiger partial charge in [0.2, 0.25) is 5.91 Å². The summed E-state index contributed by atoms with van der Waals surface area (Å²) in [7, 11) is -3.19. The molecule has 2 rings (SSSR count). The van der Waals surface area contributed by atoms with Gasteiger partial charge in [-0.1, -0.05) is 31.2 Å². The number of aromatic nitrogens is 2. The van der Waals surface area contributed by atoms with Crippen LogP contribution in [0.4, 0.5) is 5.82 Å². The molecule has 2 aromatic rings. The van der Waals surface area contributed by atoms with Gasteiger partial charge < -0.3 is 5.32 Å². The fourth-order valence-corrected chi connectivity index (χ4v) is 3.24. The van der Waals surface area contributed by atoms with E-state index in [1.54, 1.807) is 13.0 Å². The van der Waals surface area contributed by atoms with Crippen molar-refractivity contribution < 1.29 is 13.2 Å². The predicted octanol–water partition coefficient (Wildman–Crippen LogP) is 2.00. The van der Waals surface area contributed by atoms with Crippen LogP contribution in [0.3, 0.4) is 0 Å². The Labute approximate surface area is 129 Å². The first-order chi connectivity index (χ1) is 10.3. The van der Waals surface area contributed by atoms with Crippen LogP contribution in [0.2, 0.25) is 0 Å². The molecule has 0 spiro atoms. The minimum atomic E-state index is -3.19. The van der Waals surface area contributed by atoms with Crippen LogP contribution in [0.5, 0.6) is 0 Å². The molecular formula is C15H19N3O3S. The molecule has 0 radical (unpaired) electrons. The number of aryl methyl sites for hydroxylation is 1. The Balaban J connectivity index is 2.10. The number of nitrogens with zero attached hydrogens (tertiary/aromatic N) is 1. The lowest BCUT2D eigenvalue weighted by Gasteiger charge is -2.08. The first-order valence-corrected chi connectivity index (χ1v) is 8.92. The SMILES string of the molecule is Cc1ccccc1-c1cc(NC(=O)C(C)CS(C)(=O)=O)n[nH]1. The van der Waals surface area contributed by atoms with Crippen LogP contribution in [-0.4, -0.2) is 36.5 Å². The van der Waals surface area contributed by atoms with Crippen molar-refractivity contribution in [2.75, 3.05) is 17.3 Å². The van der Waals surface area contributed by atoms with E-state index >= 15 is 0 Å². The van der Waals surface area contributed by atoms with Gasteiger partial charge in [-0.2, -0.15) is 5.10 Å². The Morgan fingerprint density at radius 2 is 2.05 bits per heavy atom. The van der Waals surface area contributed by atoms with Crippen LogP contribution >= 0.6 is 0 Å². The van der Waals surface area contributed by atoms with E-state index < -0.39 is 15.8 Å². The summed E-state index contributed by atoms with van der Waals surface area (Å²) >= 11 is 0. The van der Waals surface area contributed by atoms with Crippen LogP contribution < -0.4 is 5.32 Å². The number of nitrogens with one attached hydrogen (secondary N) is 2. The van der Waals surface area contributed by atoms with Crippen LogP contribution in [0.15, 0.2) is 30.3 Å². The zero-order chi connectivity index (χ0) is 16.3. The van der Waals surface area contributed by atoms with E-state index in [0.717, 1.165) is 23.1 Å². The molecule has 7 heteroatoms. The van der Waals surface area contributed by atoms with Crippen LogP contribution in [0.25, 0.3) is 11.3 Å². The number of carbonyl (C=O) groups is 1. The van der Waals surface area contributed by atoms with Crippen molar-refractivity contribution in [3.05, 3.63) is 35.9 Å². The minimum Gasteiger partial charge on any atom is -0.309 e. The van der Waals surface area contributed by atoms with Gasteiger partial charge in [-0.3, -0.25) is 9.89 Å². The third kappa shape index (κ3) is 4.17. The Kier molecular flexibility index (Phi) is 4.65. The Morgan fingerprint density at radius 3 is 2.68 bits per heavy atom. The fraction of sp³-hybridized carbons (Fsp3) is 0.333. The molecule has 1 aromatic heterocycles. The third-order valence-corrected chi connectivity index (χ3v) is 4.37. The van der Waals surface area contributed by atoms with Crippen molar-refractivity contribution in [1.82, 2.24) is 10.2 Å². The van der Waals surface area contributed by atoms with Crippen LogP contribution in [-0.2, 0) is 14.6 Å². The summed E-state index contributed by atoms with van der Waals surface area (Å²) < 4.78 is 22.4. The number of aromatic amines is 1. The van der Waals surface area contributed by atoms with Gasteiger partial charge in [0.25, 0.3) is 0 Å². The highest BCUT2D eigenvalue weighted by molar-refractivity contribution is 7.90. The lowest BCUT2D eigenvalue weighted by molar-refractivity contribution is -0.118. The molecule has 22 heavy (non-hydrogen) atoms. The summed E-state index contributed by atoms with van der Waals surface area (Å²) in [5.41, 5.74) is 2.89. The van der Waals surface area contributed by atoms with Gasteiger partial charge in [-0.25, -0.2) is 8.42 Å². The monoisotopic (exact) mass is 321 g/mol. The normalized spacial score (nSPS) is 12.9. The molecule has 0 saturated carbocycles. The Morgan fingerprint density at radius 1 is 1.36 bits per heavy atom. The molecule has 0 aliphatic heterocycles. The van der Waals surface area contributed by atoms with E-state index in [-0.39, 0.29) is 11.7 Å². The number of amides is 1. The van der Waals surface area contributed by atoms with Gasteiger partial charge in [0, 0.05) is 23.8 Å². The second-order valence-electron chi connectivity index (χ2n) is 5.46. The number of carbonyl (C=O) groups excluding carboxylic acids is 1. The number of hydrogen-bond acceptors (Lipinski definition) is 4. The highest BCUT2D eigenvalue weighted by Gasteiger charge is 2.19. The zero-order valence-corrected chi connectivity index (χ0v) is 13.6. The molecule has 0 fully saturated rings. The van der Waals surface area contributed by atoms with E-state index in [4.69, 9.17) is 0 Å². The molecule has 118 valence electrons. The second kappa shape index (κ2) is 6.31. The maximum atomic E-state index is 12.0. The quantitative estimate of drug-likeness (QED) is 0.881. The molecule has 0 bridgehead atoms. The summed E-state index contributed by atoms with van der Waals surface area (Å²) in [6.45, 7) is 3.56. The summed E-state index contributed by atoms with van der Waals surface area (Å²) in [4.78, 5) is 12.0. The number of sulfone groups is 1. The molecule has 2 N–H and O–H groups in total. The van der Waals surface area contributed by atoms with E-state index in [9.17, 15) is 13.2 Å². The van der Waals surface area contributed by atoms with Gasteiger partial charge in [0.05, 0.1) is 11.4 Å². The smallest absolute Gasteiger partial charge is 0.229 e. The van der Waals surface area contributed by atoms with Crippen molar-refractivity contribution in [1.29, 1.82) is 0 Å². The molecule has 1 aromatic carbocycles. The molecule has 6 nitrogen and oxygen atoms in total. The van der Waals surface area contributed by atoms with E-state index in [1.807, 2.05) is 31.2 Å². The maximum Gasteiger partial charge on any atom is 0.229 e. The van der Waals surface area contributed by atoms with Gasteiger partial charge in [-0.15, -0.1) is 0 Å². The summed E-state index contributed by atoms with van der Waals surface area (Å²) in [5.74, 6) is -0.807. The largest absolute Gasteiger partial charge is 0.309 e. The van der Waals surface area contributed by atoms with Crippen molar-refractivity contribution in [3.63, 3.8) is 0 Å². The van der Waals surface area contributed by atoms with Gasteiger partial charge in [0.15, 0.2) is 5.82 Å². The van der Waals surface area contributed by atoms with Crippen molar-refractivity contribution in [3.8, 4) is 11.3 Å². The average Bonchev–Trinajstić information content (AvgIpc) is 2.85. The molecule has 1 amide bonds. The lowest BCUT2D eigenvalue weighted by atomic mass is 10.1. The van der Waals surface area contributed by atoms with Crippen molar-refractivity contribution >= 4 is 21.6 Å². The van der Waals surface area contributed by atoms with Crippen molar-refractivity contribution in [2.45, 2.75) is 13.8 Å². The number of benzene rings is 1. The summed E-state index contributed by atoms with van der Waals surface area (Å²) in [5, 5.41) is 9.55. The highest BCUT2D eigenvalue weighted by atomic mass is 32.2. The molecule has 0 saturated heterocycles. The van der Waals surface area contributed by atoms with Gasteiger partial charge in [0.1, 0.15) is 9.84 Å². The third-order valence-electron chi connectivity index (χ3n) is 3.26. The lowest BCUT2D eigenvalue weighted by Crippen LogP contribution is -2.26. The topological polar surface area (TPSA) is 91.9 Å². The van der Waals surface area contributed by atoms with Gasteiger partial charge in [-0.05, 0) is 12.5 Å². The van der Waals surface area contributed by atoms with E-state index in [0.29, 0.717) is 5.82 Å². The number of hydrogen-bond donors (Lipinski definition) is 2. The number of rotatable bonds is 5. The van der Waals surface area contributed by atoms with Crippen molar-refractivity contribution in [2.24, 2.45) is 5.92 Å². The standard InChI is InChI=1S/C15H19N3O3S/c1-10-6-4-5-7-12(10)13-8-14(18-17-13)16-15(19)11(2)9-22(3,20)21/h4-8,11H,9H2,1-3H3,(H2,16,17,18,19). The molecular weight excluding hydrogens is 302 g/mol. The average molecular weight is 321 g/mol. The Hall–Kier alpha value is -2.15. The first-order valence-electron chi connectivity index (χ1n) is 6.86. The zero-order valence-electron chi connectivity index (χ0n) is 12.8. The maximum absolute atomic E-state index is 12.0. The van der Waals surface area contributed by atoms with Crippen LogP contribution in [0.1, 0.15) is 12.5 Å². The minimum absolute atomic E-state index is 0.187. The first kappa shape index (κ1) is 16.2. The van der Waals surface area contributed by atoms with Crippen LogP contribution in [0, 0.1) is 12.8 Å². The molecule has 1 atom stereocenters. The van der Waals surface area contributed by atoms with Gasteiger partial charge >= 0.3 is 0 Å². The molecule has 1 unspecified atom stereocenters. The van der Waals surface area contributed by atoms with E-state index in [1.165, 1.54) is 0 Å². The number of anilines is 1. The highest BCUT2D eigenvalue weighted by Crippen LogP contribution is 2.23. The molecule has 0 aliphatic rings. The Bertz CT molecular complexity index is 781. The van der Waals surface area contributed by atoms with E-state index in [2.05, 4.69) is 15.5 Å². The molecule has 0 aliphatic carbocycles. The number of H-pyrrole nitrogens is 1.